The molecule has 0 saturated carbocycles. The highest BCUT2D eigenvalue weighted by Crippen LogP contribution is 2.15. The lowest BCUT2D eigenvalue weighted by atomic mass is 9.95. The third-order valence-corrected chi connectivity index (χ3v) is 2.45. The summed E-state index contributed by atoms with van der Waals surface area (Å²) in [6.07, 6.45) is 0.413. The van der Waals surface area contributed by atoms with Crippen molar-refractivity contribution < 1.29 is 9.59 Å². The van der Waals surface area contributed by atoms with Gasteiger partial charge in [-0.15, -0.1) is 0 Å². The Hall–Kier alpha value is -1.35. The van der Waals surface area contributed by atoms with Crippen LogP contribution >= 0.6 is 11.6 Å². The van der Waals surface area contributed by atoms with E-state index in [-0.39, 0.29) is 5.78 Å². The van der Waals surface area contributed by atoms with E-state index >= 15 is 0 Å². The van der Waals surface area contributed by atoms with E-state index in [0.29, 0.717) is 17.0 Å². The minimum absolute atomic E-state index is 0.248. The highest BCUT2D eigenvalue weighted by atomic mass is 35.5. The van der Waals surface area contributed by atoms with Crippen LogP contribution in [0.15, 0.2) is 24.3 Å². The first-order chi connectivity index (χ1) is 7.06. The lowest BCUT2D eigenvalue weighted by Crippen LogP contribution is -2.29. The van der Waals surface area contributed by atoms with Crippen LogP contribution in [0.4, 0.5) is 0 Å². The Morgan fingerprint density at radius 2 is 1.87 bits per heavy atom. The molecule has 0 spiro atoms. The van der Waals surface area contributed by atoms with Crippen LogP contribution in [0.3, 0.4) is 0 Å². The zero-order chi connectivity index (χ0) is 11.4. The Kier molecular flexibility index (Phi) is 3.86. The fourth-order valence-electron chi connectivity index (χ4n) is 1.33. The van der Waals surface area contributed by atoms with Gasteiger partial charge in [-0.25, -0.2) is 0 Å². The Balaban J connectivity index is 2.93. The second-order valence-corrected chi connectivity index (χ2v) is 3.67. The fourth-order valence-corrected chi connectivity index (χ4v) is 1.46. The first kappa shape index (κ1) is 11.7. The average molecular weight is 226 g/mol. The number of benzene rings is 1. The number of primary amides is 1. The van der Waals surface area contributed by atoms with Crippen molar-refractivity contribution in [3.63, 3.8) is 0 Å². The van der Waals surface area contributed by atoms with Gasteiger partial charge in [0, 0.05) is 10.6 Å². The molecule has 0 aliphatic carbocycles. The number of rotatable bonds is 4. The van der Waals surface area contributed by atoms with E-state index < -0.39 is 11.8 Å². The van der Waals surface area contributed by atoms with Crippen LogP contribution < -0.4 is 5.73 Å². The summed E-state index contributed by atoms with van der Waals surface area (Å²) in [5.41, 5.74) is 5.59. The maximum Gasteiger partial charge on any atom is 0.228 e. The van der Waals surface area contributed by atoms with Gasteiger partial charge in [-0.05, 0) is 30.7 Å². The van der Waals surface area contributed by atoms with Gasteiger partial charge < -0.3 is 5.73 Å². The van der Waals surface area contributed by atoms with Crippen molar-refractivity contribution in [3.05, 3.63) is 34.9 Å². The van der Waals surface area contributed by atoms with Crippen LogP contribution in [0.5, 0.6) is 0 Å². The quantitative estimate of drug-likeness (QED) is 0.630. The van der Waals surface area contributed by atoms with Crippen molar-refractivity contribution in [1.29, 1.82) is 0 Å². The van der Waals surface area contributed by atoms with E-state index in [1.807, 2.05) is 0 Å². The molecule has 1 aromatic rings. The third-order valence-electron chi connectivity index (χ3n) is 2.20. The molecule has 0 aliphatic rings. The van der Waals surface area contributed by atoms with Crippen molar-refractivity contribution in [1.82, 2.24) is 0 Å². The molecule has 80 valence electrons. The lowest BCUT2D eigenvalue weighted by molar-refractivity contribution is -0.120. The molecule has 4 heteroatoms. The van der Waals surface area contributed by atoms with Gasteiger partial charge in [0.15, 0.2) is 5.78 Å². The van der Waals surface area contributed by atoms with Gasteiger partial charge in [-0.1, -0.05) is 18.5 Å². The molecule has 0 saturated heterocycles. The molecule has 1 unspecified atom stereocenters. The van der Waals surface area contributed by atoms with E-state index in [1.54, 1.807) is 31.2 Å². The van der Waals surface area contributed by atoms with Crippen molar-refractivity contribution >= 4 is 23.3 Å². The second kappa shape index (κ2) is 4.94. The summed E-state index contributed by atoms with van der Waals surface area (Å²) in [7, 11) is 0. The largest absolute Gasteiger partial charge is 0.369 e. The summed E-state index contributed by atoms with van der Waals surface area (Å²) in [5, 5.41) is 0.554. The Bertz CT molecular complexity index is 373. The summed E-state index contributed by atoms with van der Waals surface area (Å²) in [5.74, 6) is -1.58. The Labute approximate surface area is 93.2 Å². The van der Waals surface area contributed by atoms with Gasteiger partial charge in [0.25, 0.3) is 0 Å². The van der Waals surface area contributed by atoms with Gasteiger partial charge in [0.1, 0.15) is 5.92 Å². The van der Waals surface area contributed by atoms with Gasteiger partial charge in [-0.2, -0.15) is 0 Å². The molecule has 0 aromatic heterocycles. The van der Waals surface area contributed by atoms with Crippen LogP contribution in [-0.4, -0.2) is 11.7 Å². The second-order valence-electron chi connectivity index (χ2n) is 3.23. The van der Waals surface area contributed by atoms with Gasteiger partial charge in [-0.3, -0.25) is 9.59 Å². The van der Waals surface area contributed by atoms with Crippen LogP contribution in [-0.2, 0) is 4.79 Å². The molecule has 0 fully saturated rings. The molecule has 1 aromatic carbocycles. The summed E-state index contributed by atoms with van der Waals surface area (Å²) in [4.78, 5) is 22.8. The zero-order valence-corrected chi connectivity index (χ0v) is 9.12. The molecule has 0 aliphatic heterocycles. The van der Waals surface area contributed by atoms with E-state index in [9.17, 15) is 9.59 Å². The summed E-state index contributed by atoms with van der Waals surface area (Å²) in [6.45, 7) is 1.75. The monoisotopic (exact) mass is 225 g/mol. The van der Waals surface area contributed by atoms with Crippen LogP contribution in [0, 0.1) is 5.92 Å². The molecule has 2 N–H and O–H groups in total. The molecule has 15 heavy (non-hydrogen) atoms. The van der Waals surface area contributed by atoms with E-state index in [0.717, 1.165) is 0 Å². The smallest absolute Gasteiger partial charge is 0.228 e. The van der Waals surface area contributed by atoms with Gasteiger partial charge in [0.05, 0.1) is 0 Å². The number of carbonyl (C=O) groups is 2. The predicted molar refractivity (Wildman–Crippen MR) is 58.8 cm³/mol. The number of hydrogen-bond acceptors (Lipinski definition) is 2. The maximum absolute atomic E-state index is 11.8. The third kappa shape index (κ3) is 2.80. The first-order valence-electron chi connectivity index (χ1n) is 4.65. The number of amides is 1. The molecule has 3 nitrogen and oxygen atoms in total. The number of Topliss-reactive ketones (excluding diaryl/α,β-unsaturated/α-hetero) is 1. The van der Waals surface area contributed by atoms with E-state index in [1.165, 1.54) is 0 Å². The van der Waals surface area contributed by atoms with Crippen LogP contribution in [0.25, 0.3) is 0 Å². The topological polar surface area (TPSA) is 60.2 Å². The minimum atomic E-state index is -0.744. The van der Waals surface area contributed by atoms with E-state index in [2.05, 4.69) is 0 Å². The van der Waals surface area contributed by atoms with Crippen molar-refractivity contribution in [2.45, 2.75) is 13.3 Å². The number of nitrogens with two attached hydrogens (primary N) is 1. The molecule has 0 bridgehead atoms. The molecule has 1 amide bonds. The molecular weight excluding hydrogens is 214 g/mol. The highest BCUT2D eigenvalue weighted by molar-refractivity contribution is 6.30. The fraction of sp³-hybridized carbons (Fsp3) is 0.273. The number of carbonyl (C=O) groups excluding carboxylic acids is 2. The number of hydrogen-bond donors (Lipinski definition) is 1. The lowest BCUT2D eigenvalue weighted by Gasteiger charge is -2.09. The van der Waals surface area contributed by atoms with Crippen molar-refractivity contribution in [2.24, 2.45) is 11.7 Å². The molecular formula is C11H12ClNO2. The SMILES string of the molecule is CCC(C(N)=O)C(=O)c1ccc(Cl)cc1. The Morgan fingerprint density at radius 1 is 1.33 bits per heavy atom. The van der Waals surface area contributed by atoms with Gasteiger partial charge >= 0.3 is 0 Å². The molecule has 1 rings (SSSR count). The van der Waals surface area contributed by atoms with Gasteiger partial charge in [0.2, 0.25) is 5.91 Å². The van der Waals surface area contributed by atoms with Crippen molar-refractivity contribution in [3.8, 4) is 0 Å². The summed E-state index contributed by atoms with van der Waals surface area (Å²) < 4.78 is 0. The average Bonchev–Trinajstić information content (AvgIpc) is 2.19. The summed E-state index contributed by atoms with van der Waals surface area (Å²) >= 11 is 5.69. The normalized spacial score (nSPS) is 12.1. The zero-order valence-electron chi connectivity index (χ0n) is 8.37. The highest BCUT2D eigenvalue weighted by Gasteiger charge is 2.23. The minimum Gasteiger partial charge on any atom is -0.369 e. The molecule has 0 heterocycles. The van der Waals surface area contributed by atoms with Crippen LogP contribution in [0.1, 0.15) is 23.7 Å². The van der Waals surface area contributed by atoms with Crippen LogP contribution in [0.2, 0.25) is 5.02 Å². The standard InChI is InChI=1S/C11H12ClNO2/c1-2-9(11(13)15)10(14)7-3-5-8(12)6-4-7/h3-6,9H,2H2,1H3,(H2,13,15). The first-order valence-corrected chi connectivity index (χ1v) is 5.03. The van der Waals surface area contributed by atoms with E-state index in [4.69, 9.17) is 17.3 Å². The number of halogens is 1. The number of ketones is 1. The van der Waals surface area contributed by atoms with Crippen molar-refractivity contribution in [2.75, 3.05) is 0 Å². The molecule has 0 radical (unpaired) electrons. The Morgan fingerprint density at radius 3 is 2.27 bits per heavy atom. The predicted octanol–water partition coefficient (Wildman–Crippen LogP) is 2.03. The summed E-state index contributed by atoms with van der Waals surface area (Å²) in [6, 6.07) is 6.41. The maximum atomic E-state index is 11.8. The molecule has 1 atom stereocenters.